The lowest BCUT2D eigenvalue weighted by Gasteiger charge is -2.16. The van der Waals surface area contributed by atoms with Crippen molar-refractivity contribution in [3.05, 3.63) is 30.0 Å². The lowest BCUT2D eigenvalue weighted by atomic mass is 10.1. The average molecular weight is 311 g/mol. The van der Waals surface area contributed by atoms with E-state index in [1.54, 1.807) is 10.8 Å². The quantitative estimate of drug-likeness (QED) is 0.716. The van der Waals surface area contributed by atoms with Crippen LogP contribution < -0.4 is 0 Å². The summed E-state index contributed by atoms with van der Waals surface area (Å²) in [5.74, 6) is 0.326. The van der Waals surface area contributed by atoms with Gasteiger partial charge in [0.25, 0.3) is 0 Å². The summed E-state index contributed by atoms with van der Waals surface area (Å²) in [5, 5.41) is 26.5. The molecule has 7 nitrogen and oxygen atoms in total. The maximum absolute atomic E-state index is 10.7. The molecule has 2 N–H and O–H groups in total. The van der Waals surface area contributed by atoms with E-state index in [4.69, 9.17) is 9.52 Å². The van der Waals surface area contributed by atoms with Crippen molar-refractivity contribution in [2.45, 2.75) is 37.6 Å². The van der Waals surface area contributed by atoms with Crippen molar-refractivity contribution in [2.24, 2.45) is 0 Å². The second-order valence-electron chi connectivity index (χ2n) is 4.58. The Morgan fingerprint density at radius 2 is 2.33 bits per heavy atom. The third kappa shape index (κ3) is 4.08. The first-order valence-corrected chi connectivity index (χ1v) is 7.52. The third-order valence-corrected chi connectivity index (χ3v) is 3.96. The normalized spacial score (nSPS) is 12.5. The van der Waals surface area contributed by atoms with Crippen LogP contribution in [0, 0.1) is 0 Å². The van der Waals surface area contributed by atoms with E-state index in [9.17, 15) is 9.90 Å². The Kier molecular flexibility index (Phi) is 5.40. The Morgan fingerprint density at radius 3 is 2.95 bits per heavy atom. The van der Waals surface area contributed by atoms with Gasteiger partial charge in [0.2, 0.25) is 0 Å². The van der Waals surface area contributed by atoms with Crippen LogP contribution in [0.2, 0.25) is 0 Å². The largest absolute Gasteiger partial charge is 0.481 e. The number of rotatable bonds is 8. The van der Waals surface area contributed by atoms with Gasteiger partial charge in [0.1, 0.15) is 12.4 Å². The maximum atomic E-state index is 10.7. The summed E-state index contributed by atoms with van der Waals surface area (Å²) < 4.78 is 7.08. The molecule has 0 saturated heterocycles. The fourth-order valence-electron chi connectivity index (χ4n) is 2.02. The second-order valence-corrected chi connectivity index (χ2v) is 5.52. The molecule has 2 aromatic heterocycles. The molecule has 2 aromatic rings. The lowest BCUT2D eigenvalue weighted by Crippen LogP contribution is -2.12. The molecule has 0 aliphatic carbocycles. The monoisotopic (exact) mass is 311 g/mol. The zero-order valence-corrected chi connectivity index (χ0v) is 12.4. The fourth-order valence-corrected chi connectivity index (χ4v) is 2.79. The number of aromatic nitrogens is 3. The number of hydrogen-bond donors (Lipinski definition) is 2. The predicted molar refractivity (Wildman–Crippen MR) is 76.0 cm³/mol. The molecular weight excluding hydrogens is 294 g/mol. The van der Waals surface area contributed by atoms with Crippen LogP contribution in [-0.4, -0.2) is 36.7 Å². The van der Waals surface area contributed by atoms with Gasteiger partial charge in [-0.25, -0.2) is 0 Å². The highest BCUT2D eigenvalue weighted by Crippen LogP contribution is 2.24. The van der Waals surface area contributed by atoms with Gasteiger partial charge in [-0.3, -0.25) is 4.79 Å². The Hall–Kier alpha value is -1.80. The van der Waals surface area contributed by atoms with Gasteiger partial charge in [-0.2, -0.15) is 0 Å². The fraction of sp³-hybridized carbons (Fsp3) is 0.462. The number of aliphatic hydroxyl groups is 1. The van der Waals surface area contributed by atoms with Crippen LogP contribution in [0.4, 0.5) is 0 Å². The minimum Gasteiger partial charge on any atom is -0.481 e. The summed E-state index contributed by atoms with van der Waals surface area (Å²) in [4.78, 5) is 10.7. The zero-order chi connectivity index (χ0) is 15.2. The highest BCUT2D eigenvalue weighted by molar-refractivity contribution is 7.99. The molecular formula is C13H17N3O4S. The van der Waals surface area contributed by atoms with Gasteiger partial charge in [0, 0.05) is 12.5 Å². The van der Waals surface area contributed by atoms with Crippen molar-refractivity contribution in [1.29, 1.82) is 0 Å². The first-order chi connectivity index (χ1) is 10.1. The topological polar surface area (TPSA) is 101 Å². The predicted octanol–water partition coefficient (Wildman–Crippen LogP) is 1.73. The lowest BCUT2D eigenvalue weighted by molar-refractivity contribution is -0.133. The average Bonchev–Trinajstić information content (AvgIpc) is 3.11. The van der Waals surface area contributed by atoms with Gasteiger partial charge < -0.3 is 19.2 Å². The SMILES string of the molecule is CC(CCc1ccco1)n1c(CO)nnc1SCC(=O)O. The molecule has 0 amide bonds. The molecule has 2 heterocycles. The minimum atomic E-state index is -0.914. The summed E-state index contributed by atoms with van der Waals surface area (Å²) in [5.41, 5.74) is 0. The van der Waals surface area contributed by atoms with Crippen LogP contribution in [0.15, 0.2) is 28.0 Å². The molecule has 114 valence electrons. The number of thioether (sulfide) groups is 1. The molecule has 0 bridgehead atoms. The van der Waals surface area contributed by atoms with Crippen LogP contribution in [0.1, 0.15) is 31.0 Å². The van der Waals surface area contributed by atoms with E-state index >= 15 is 0 Å². The van der Waals surface area contributed by atoms with Crippen LogP contribution in [-0.2, 0) is 17.8 Å². The smallest absolute Gasteiger partial charge is 0.313 e. The van der Waals surface area contributed by atoms with E-state index in [-0.39, 0.29) is 18.4 Å². The molecule has 8 heteroatoms. The van der Waals surface area contributed by atoms with Crippen LogP contribution in [0.25, 0.3) is 0 Å². The number of carbonyl (C=O) groups is 1. The standard InChI is InChI=1S/C13H17N3O4S/c1-9(4-5-10-3-2-6-20-10)16-11(7-17)14-15-13(16)21-8-12(18)19/h2-3,6,9,17H,4-5,7-8H2,1H3,(H,18,19). The molecule has 1 unspecified atom stereocenters. The van der Waals surface area contributed by atoms with Crippen molar-refractivity contribution in [3.63, 3.8) is 0 Å². The summed E-state index contributed by atoms with van der Waals surface area (Å²) in [6.07, 6.45) is 3.16. The second kappa shape index (κ2) is 7.28. The molecule has 0 aromatic carbocycles. The Bertz CT molecular complexity index is 582. The summed E-state index contributed by atoms with van der Waals surface area (Å²) in [7, 11) is 0. The van der Waals surface area contributed by atoms with E-state index in [0.717, 1.165) is 30.4 Å². The number of nitrogens with zero attached hydrogens (tertiary/aromatic N) is 3. The van der Waals surface area contributed by atoms with E-state index in [1.165, 1.54) is 0 Å². The Morgan fingerprint density at radius 1 is 1.52 bits per heavy atom. The number of carboxylic acids is 1. The van der Waals surface area contributed by atoms with Crippen LogP contribution in [0.3, 0.4) is 0 Å². The van der Waals surface area contributed by atoms with Crippen molar-refractivity contribution in [3.8, 4) is 0 Å². The number of aliphatic hydroxyl groups excluding tert-OH is 1. The van der Waals surface area contributed by atoms with Gasteiger partial charge in [-0.1, -0.05) is 11.8 Å². The number of aryl methyl sites for hydroxylation is 1. The van der Waals surface area contributed by atoms with E-state index in [1.807, 2.05) is 19.1 Å². The zero-order valence-electron chi connectivity index (χ0n) is 11.6. The van der Waals surface area contributed by atoms with E-state index in [2.05, 4.69) is 10.2 Å². The third-order valence-electron chi connectivity index (χ3n) is 3.03. The number of aliphatic carboxylic acids is 1. The van der Waals surface area contributed by atoms with Crippen LogP contribution in [0.5, 0.6) is 0 Å². The van der Waals surface area contributed by atoms with Gasteiger partial charge in [0.15, 0.2) is 11.0 Å². The maximum Gasteiger partial charge on any atom is 0.313 e. The molecule has 1 atom stereocenters. The number of furan rings is 1. The van der Waals surface area contributed by atoms with Crippen molar-refractivity contribution in [2.75, 3.05) is 5.75 Å². The van der Waals surface area contributed by atoms with Gasteiger partial charge in [-0.15, -0.1) is 10.2 Å². The Labute approximate surface area is 126 Å². The molecule has 0 saturated carbocycles. The molecule has 0 aliphatic heterocycles. The molecule has 0 aliphatic rings. The molecule has 0 fully saturated rings. The van der Waals surface area contributed by atoms with Crippen LogP contribution >= 0.6 is 11.8 Å². The van der Waals surface area contributed by atoms with Gasteiger partial charge in [-0.05, 0) is 25.5 Å². The molecule has 0 spiro atoms. The van der Waals surface area contributed by atoms with E-state index in [0.29, 0.717) is 11.0 Å². The summed E-state index contributed by atoms with van der Waals surface area (Å²) in [6.45, 7) is 1.75. The first kappa shape index (κ1) is 15.6. The molecule has 21 heavy (non-hydrogen) atoms. The van der Waals surface area contributed by atoms with Crippen molar-refractivity contribution < 1.29 is 19.4 Å². The highest BCUT2D eigenvalue weighted by atomic mass is 32.2. The number of hydrogen-bond acceptors (Lipinski definition) is 6. The summed E-state index contributed by atoms with van der Waals surface area (Å²) in [6, 6.07) is 3.78. The van der Waals surface area contributed by atoms with Crippen molar-refractivity contribution >= 4 is 17.7 Å². The van der Waals surface area contributed by atoms with Crippen molar-refractivity contribution in [1.82, 2.24) is 14.8 Å². The molecule has 2 rings (SSSR count). The van der Waals surface area contributed by atoms with Gasteiger partial charge in [0.05, 0.1) is 12.0 Å². The Balaban J connectivity index is 2.07. The first-order valence-electron chi connectivity index (χ1n) is 6.53. The van der Waals surface area contributed by atoms with Gasteiger partial charge >= 0.3 is 5.97 Å². The number of carboxylic acid groups (broad SMARTS) is 1. The highest BCUT2D eigenvalue weighted by Gasteiger charge is 2.18. The minimum absolute atomic E-state index is 0.0311. The molecule has 0 radical (unpaired) electrons. The van der Waals surface area contributed by atoms with E-state index < -0.39 is 5.97 Å². The summed E-state index contributed by atoms with van der Waals surface area (Å²) >= 11 is 1.10.